The fourth-order valence-corrected chi connectivity index (χ4v) is 1.76. The summed E-state index contributed by atoms with van der Waals surface area (Å²) >= 11 is 0. The molecule has 4 heteroatoms. The maximum atomic E-state index is 12.1. The van der Waals surface area contributed by atoms with Crippen LogP contribution in [0.15, 0.2) is 42.5 Å². The third-order valence-corrected chi connectivity index (χ3v) is 2.59. The smallest absolute Gasteiger partial charge is 0.362 e. The lowest BCUT2D eigenvalue weighted by atomic mass is 10.2. The molecule has 0 radical (unpaired) electrons. The number of nitrogens with zero attached hydrogens (tertiary/aromatic N) is 1. The fourth-order valence-electron chi connectivity index (χ4n) is 1.76. The van der Waals surface area contributed by atoms with Gasteiger partial charge < -0.3 is 10.1 Å². The molecule has 0 saturated heterocycles. The summed E-state index contributed by atoms with van der Waals surface area (Å²) < 4.78 is 5.31. The molecule has 4 nitrogen and oxygen atoms in total. The number of pyridine rings is 1. The van der Waals surface area contributed by atoms with Gasteiger partial charge in [0, 0.05) is 6.04 Å². The molecule has 20 heavy (non-hydrogen) atoms. The molecule has 2 rings (SSSR count). The number of ether oxygens (including phenoxy) is 1. The van der Waals surface area contributed by atoms with Crippen molar-refractivity contribution in [3.63, 3.8) is 0 Å². The van der Waals surface area contributed by atoms with Crippen LogP contribution in [0, 0.1) is 6.92 Å². The summed E-state index contributed by atoms with van der Waals surface area (Å²) in [6.07, 6.45) is 0. The van der Waals surface area contributed by atoms with Crippen LogP contribution < -0.4 is 10.1 Å². The second kappa shape index (κ2) is 6.19. The summed E-state index contributed by atoms with van der Waals surface area (Å²) in [5.74, 6) is 0.737. The van der Waals surface area contributed by atoms with Gasteiger partial charge in [-0.1, -0.05) is 18.2 Å². The Balaban J connectivity index is 2.13. The molecule has 0 saturated carbocycles. The fraction of sp³-hybridized carbons (Fsp3) is 0.250. The van der Waals surface area contributed by atoms with Gasteiger partial charge in [0.2, 0.25) is 0 Å². The number of aromatic nitrogens is 1. The maximum Gasteiger partial charge on any atom is 0.362 e. The van der Waals surface area contributed by atoms with Crippen molar-refractivity contribution in [1.29, 1.82) is 0 Å². The standard InChI is InChI=1S/C16H18N2O2/c1-11(2)17-15-9-5-8-14(18-15)16(19)20-13-7-4-6-12(3)10-13/h4-11H,1-3H3,(H,17,18). The van der Waals surface area contributed by atoms with Crippen LogP contribution in [0.4, 0.5) is 5.82 Å². The van der Waals surface area contributed by atoms with E-state index in [0.29, 0.717) is 11.6 Å². The van der Waals surface area contributed by atoms with Crippen LogP contribution >= 0.6 is 0 Å². The highest BCUT2D eigenvalue weighted by Gasteiger charge is 2.11. The molecule has 1 aromatic heterocycles. The van der Waals surface area contributed by atoms with Gasteiger partial charge in [-0.2, -0.15) is 0 Å². The molecule has 0 spiro atoms. The molecule has 0 atom stereocenters. The minimum absolute atomic E-state index is 0.255. The number of carbonyl (C=O) groups is 1. The second-order valence-electron chi connectivity index (χ2n) is 4.91. The number of esters is 1. The predicted molar refractivity (Wildman–Crippen MR) is 79.1 cm³/mol. The number of aryl methyl sites for hydroxylation is 1. The maximum absolute atomic E-state index is 12.1. The van der Waals surface area contributed by atoms with Crippen molar-refractivity contribution in [1.82, 2.24) is 4.98 Å². The van der Waals surface area contributed by atoms with Crippen LogP contribution in [0.2, 0.25) is 0 Å². The highest BCUT2D eigenvalue weighted by Crippen LogP contribution is 2.15. The summed E-state index contributed by atoms with van der Waals surface area (Å²) in [6, 6.07) is 12.9. The van der Waals surface area contributed by atoms with E-state index in [1.54, 1.807) is 18.2 Å². The van der Waals surface area contributed by atoms with Crippen LogP contribution in [-0.4, -0.2) is 17.0 Å². The molecule has 104 valence electrons. The van der Waals surface area contributed by atoms with E-state index >= 15 is 0 Å². The molecule has 0 unspecified atom stereocenters. The molecule has 2 aromatic rings. The van der Waals surface area contributed by atoms with Crippen molar-refractivity contribution in [2.75, 3.05) is 5.32 Å². The minimum Gasteiger partial charge on any atom is -0.422 e. The SMILES string of the molecule is Cc1cccc(OC(=O)c2cccc(NC(C)C)n2)c1. The molecule has 0 amide bonds. The van der Waals surface area contributed by atoms with Gasteiger partial charge in [0.05, 0.1) is 0 Å². The van der Waals surface area contributed by atoms with Gasteiger partial charge >= 0.3 is 5.97 Å². The first-order valence-corrected chi connectivity index (χ1v) is 6.57. The Morgan fingerprint density at radius 3 is 2.65 bits per heavy atom. The molecular weight excluding hydrogens is 252 g/mol. The monoisotopic (exact) mass is 270 g/mol. The quantitative estimate of drug-likeness (QED) is 0.683. The van der Waals surface area contributed by atoms with Gasteiger partial charge in [-0.05, 0) is 50.6 Å². The zero-order valence-electron chi connectivity index (χ0n) is 11.9. The number of benzene rings is 1. The van der Waals surface area contributed by atoms with E-state index in [4.69, 9.17) is 4.74 Å². The highest BCUT2D eigenvalue weighted by atomic mass is 16.5. The van der Waals surface area contributed by atoms with Gasteiger partial charge in [-0.3, -0.25) is 0 Å². The van der Waals surface area contributed by atoms with E-state index in [1.165, 1.54) is 0 Å². The third-order valence-electron chi connectivity index (χ3n) is 2.59. The summed E-state index contributed by atoms with van der Waals surface area (Å²) in [4.78, 5) is 16.3. The van der Waals surface area contributed by atoms with Crippen molar-refractivity contribution < 1.29 is 9.53 Å². The van der Waals surface area contributed by atoms with Crippen molar-refractivity contribution in [2.45, 2.75) is 26.8 Å². The molecule has 0 aliphatic heterocycles. The Hall–Kier alpha value is -2.36. The average Bonchev–Trinajstić information content (AvgIpc) is 2.38. The van der Waals surface area contributed by atoms with E-state index in [9.17, 15) is 4.79 Å². The van der Waals surface area contributed by atoms with Crippen LogP contribution in [0.3, 0.4) is 0 Å². The number of rotatable bonds is 4. The van der Waals surface area contributed by atoms with E-state index in [1.807, 2.05) is 45.0 Å². The van der Waals surface area contributed by atoms with E-state index in [2.05, 4.69) is 10.3 Å². The Morgan fingerprint density at radius 2 is 1.95 bits per heavy atom. The van der Waals surface area contributed by atoms with Crippen molar-refractivity contribution in [3.8, 4) is 5.75 Å². The van der Waals surface area contributed by atoms with Crippen LogP contribution in [-0.2, 0) is 0 Å². The number of anilines is 1. The Bertz CT molecular complexity index is 609. The average molecular weight is 270 g/mol. The van der Waals surface area contributed by atoms with Crippen LogP contribution in [0.1, 0.15) is 29.9 Å². The van der Waals surface area contributed by atoms with Crippen molar-refractivity contribution in [2.24, 2.45) is 0 Å². The van der Waals surface area contributed by atoms with Crippen molar-refractivity contribution >= 4 is 11.8 Å². The summed E-state index contributed by atoms with van der Waals surface area (Å²) in [5.41, 5.74) is 1.33. The molecule has 1 aromatic carbocycles. The zero-order chi connectivity index (χ0) is 14.5. The lowest BCUT2D eigenvalue weighted by molar-refractivity contribution is 0.0728. The molecule has 1 heterocycles. The Labute approximate surface area is 118 Å². The number of hydrogen-bond acceptors (Lipinski definition) is 4. The number of hydrogen-bond donors (Lipinski definition) is 1. The zero-order valence-corrected chi connectivity index (χ0v) is 11.9. The lowest BCUT2D eigenvalue weighted by Gasteiger charge is -2.10. The third kappa shape index (κ3) is 3.82. The predicted octanol–water partition coefficient (Wildman–Crippen LogP) is 3.43. The van der Waals surface area contributed by atoms with Crippen molar-refractivity contribution in [3.05, 3.63) is 53.7 Å². The summed E-state index contributed by atoms with van der Waals surface area (Å²) in [7, 11) is 0. The number of carbonyl (C=O) groups excluding carboxylic acids is 1. The summed E-state index contributed by atoms with van der Waals surface area (Å²) in [6.45, 7) is 5.97. The first-order chi connectivity index (χ1) is 9.54. The minimum atomic E-state index is -0.456. The van der Waals surface area contributed by atoms with E-state index in [0.717, 1.165) is 5.56 Å². The normalized spacial score (nSPS) is 10.4. The van der Waals surface area contributed by atoms with Gasteiger partial charge in [0.25, 0.3) is 0 Å². The first-order valence-electron chi connectivity index (χ1n) is 6.57. The van der Waals surface area contributed by atoms with Gasteiger partial charge in [0.15, 0.2) is 5.69 Å². The molecular formula is C16H18N2O2. The van der Waals surface area contributed by atoms with E-state index in [-0.39, 0.29) is 11.7 Å². The Morgan fingerprint density at radius 1 is 1.20 bits per heavy atom. The first kappa shape index (κ1) is 14.1. The molecule has 1 N–H and O–H groups in total. The van der Waals surface area contributed by atoms with Gasteiger partial charge in [-0.25, -0.2) is 9.78 Å². The largest absolute Gasteiger partial charge is 0.422 e. The van der Waals surface area contributed by atoms with Crippen LogP contribution in [0.5, 0.6) is 5.75 Å². The van der Waals surface area contributed by atoms with Gasteiger partial charge in [0.1, 0.15) is 11.6 Å². The summed E-state index contributed by atoms with van der Waals surface area (Å²) in [5, 5.41) is 3.15. The van der Waals surface area contributed by atoms with Crippen LogP contribution in [0.25, 0.3) is 0 Å². The molecule has 0 aliphatic rings. The number of nitrogens with one attached hydrogen (secondary N) is 1. The second-order valence-corrected chi connectivity index (χ2v) is 4.91. The lowest BCUT2D eigenvalue weighted by Crippen LogP contribution is -2.15. The highest BCUT2D eigenvalue weighted by molar-refractivity contribution is 5.89. The molecule has 0 aliphatic carbocycles. The molecule has 0 bridgehead atoms. The topological polar surface area (TPSA) is 51.2 Å². The van der Waals surface area contributed by atoms with Gasteiger partial charge in [-0.15, -0.1) is 0 Å². The Kier molecular flexibility index (Phi) is 4.35. The molecule has 0 fully saturated rings. The van der Waals surface area contributed by atoms with E-state index < -0.39 is 5.97 Å².